The largest absolute Gasteiger partial charge is 0.370 e. The van der Waals surface area contributed by atoms with Gasteiger partial charge in [0.2, 0.25) is 5.91 Å². The Morgan fingerprint density at radius 2 is 1.81 bits per heavy atom. The molecule has 1 aliphatic rings. The lowest BCUT2D eigenvalue weighted by Crippen LogP contribution is -2.39. The van der Waals surface area contributed by atoms with E-state index in [1.807, 2.05) is 35.2 Å². The normalized spacial score (nSPS) is 18.5. The highest BCUT2D eigenvalue weighted by Gasteiger charge is 2.27. The van der Waals surface area contributed by atoms with E-state index < -0.39 is 0 Å². The van der Waals surface area contributed by atoms with Gasteiger partial charge in [0.1, 0.15) is 0 Å². The summed E-state index contributed by atoms with van der Waals surface area (Å²) >= 11 is 0. The molecule has 0 aliphatic carbocycles. The van der Waals surface area contributed by atoms with Crippen LogP contribution in [0.2, 0.25) is 0 Å². The molecule has 3 rings (SSSR count). The van der Waals surface area contributed by atoms with Gasteiger partial charge in [-0.15, -0.1) is 0 Å². The first-order valence-corrected chi connectivity index (χ1v) is 9.79. The first-order valence-electron chi connectivity index (χ1n) is 9.79. The summed E-state index contributed by atoms with van der Waals surface area (Å²) in [5, 5.41) is 0. The lowest BCUT2D eigenvalue weighted by molar-refractivity contribution is -0.131. The fourth-order valence-electron chi connectivity index (χ4n) is 3.46. The summed E-state index contributed by atoms with van der Waals surface area (Å²) < 4.78 is 6.19. The Labute approximate surface area is 162 Å². The Kier molecular flexibility index (Phi) is 7.36. The van der Waals surface area contributed by atoms with Crippen molar-refractivity contribution in [3.05, 3.63) is 66.0 Å². The van der Waals surface area contributed by atoms with Crippen molar-refractivity contribution in [3.8, 4) is 0 Å². The number of amides is 1. The van der Waals surface area contributed by atoms with Gasteiger partial charge in [-0.1, -0.05) is 37.3 Å². The number of aromatic nitrogens is 1. The molecule has 0 N–H and O–H groups in total. The third-order valence-electron chi connectivity index (χ3n) is 4.89. The van der Waals surface area contributed by atoms with Crippen LogP contribution in [0.4, 0.5) is 0 Å². The van der Waals surface area contributed by atoms with Crippen molar-refractivity contribution in [2.45, 2.75) is 32.5 Å². The summed E-state index contributed by atoms with van der Waals surface area (Å²) in [6.45, 7) is 6.29. The Balaban J connectivity index is 1.62. The van der Waals surface area contributed by atoms with Crippen LogP contribution < -0.4 is 0 Å². The third kappa shape index (κ3) is 6.15. The van der Waals surface area contributed by atoms with E-state index >= 15 is 0 Å². The van der Waals surface area contributed by atoms with Crippen LogP contribution in [0, 0.1) is 0 Å². The number of nitrogens with zero attached hydrogens (tertiary/aromatic N) is 3. The molecule has 1 amide bonds. The Morgan fingerprint density at radius 3 is 2.56 bits per heavy atom. The molecule has 0 bridgehead atoms. The SMILES string of the molecule is CCCN1CC(=O)N(CCc2ccccc2)CC(OCc2ccncc2)C1. The zero-order valence-corrected chi connectivity index (χ0v) is 16.1. The second kappa shape index (κ2) is 10.2. The molecule has 1 atom stereocenters. The van der Waals surface area contributed by atoms with Crippen LogP contribution in [-0.4, -0.2) is 59.5 Å². The minimum atomic E-state index is 0.0203. The zero-order chi connectivity index (χ0) is 18.9. The molecule has 0 radical (unpaired) electrons. The first kappa shape index (κ1) is 19.5. The van der Waals surface area contributed by atoms with E-state index in [1.54, 1.807) is 12.4 Å². The average Bonchev–Trinajstić information content (AvgIpc) is 2.85. The van der Waals surface area contributed by atoms with Crippen LogP contribution in [0.1, 0.15) is 24.5 Å². The maximum atomic E-state index is 12.8. The topological polar surface area (TPSA) is 45.7 Å². The third-order valence-corrected chi connectivity index (χ3v) is 4.89. The Hall–Kier alpha value is -2.24. The fraction of sp³-hybridized carbons (Fsp3) is 0.455. The number of rotatable bonds is 8. The summed E-state index contributed by atoms with van der Waals surface area (Å²) in [4.78, 5) is 21.0. The van der Waals surface area contributed by atoms with E-state index in [0.29, 0.717) is 19.7 Å². The molecule has 1 aromatic carbocycles. The molecular weight excluding hydrogens is 338 g/mol. The highest BCUT2D eigenvalue weighted by Crippen LogP contribution is 2.12. The molecule has 1 unspecified atom stereocenters. The van der Waals surface area contributed by atoms with Crippen molar-refractivity contribution in [1.29, 1.82) is 0 Å². The van der Waals surface area contributed by atoms with Gasteiger partial charge in [-0.25, -0.2) is 0 Å². The molecule has 0 saturated carbocycles. The van der Waals surface area contributed by atoms with Crippen molar-refractivity contribution in [3.63, 3.8) is 0 Å². The number of carbonyl (C=O) groups is 1. The van der Waals surface area contributed by atoms with Crippen LogP contribution in [0.5, 0.6) is 0 Å². The standard InChI is InChI=1S/C22H29N3O2/c1-2-13-24-15-21(27-18-20-8-11-23-12-9-20)16-25(22(26)17-24)14-10-19-6-4-3-5-7-19/h3-9,11-12,21H,2,10,13-18H2,1H3. The zero-order valence-electron chi connectivity index (χ0n) is 16.1. The molecule has 2 aromatic rings. The van der Waals surface area contributed by atoms with Crippen molar-refractivity contribution < 1.29 is 9.53 Å². The summed E-state index contributed by atoms with van der Waals surface area (Å²) in [5.41, 5.74) is 2.37. The van der Waals surface area contributed by atoms with E-state index in [1.165, 1.54) is 5.56 Å². The molecule has 1 fully saturated rings. The fourth-order valence-corrected chi connectivity index (χ4v) is 3.46. The molecule has 1 aromatic heterocycles. The van der Waals surface area contributed by atoms with Crippen LogP contribution in [-0.2, 0) is 22.6 Å². The first-order chi connectivity index (χ1) is 13.2. The molecule has 1 saturated heterocycles. The number of benzene rings is 1. The van der Waals surface area contributed by atoms with Crippen molar-refractivity contribution in [1.82, 2.24) is 14.8 Å². The molecular formula is C22H29N3O2. The van der Waals surface area contributed by atoms with Crippen molar-refractivity contribution in [2.75, 3.05) is 32.7 Å². The van der Waals surface area contributed by atoms with E-state index in [2.05, 4.69) is 28.9 Å². The smallest absolute Gasteiger partial charge is 0.236 e. The van der Waals surface area contributed by atoms with Gasteiger partial charge in [-0.2, -0.15) is 0 Å². The van der Waals surface area contributed by atoms with Gasteiger partial charge in [-0.3, -0.25) is 14.7 Å². The van der Waals surface area contributed by atoms with Crippen molar-refractivity contribution >= 4 is 5.91 Å². The van der Waals surface area contributed by atoms with Gasteiger partial charge in [0.05, 0.1) is 19.3 Å². The Bertz CT molecular complexity index is 693. The van der Waals surface area contributed by atoms with Crippen LogP contribution in [0.15, 0.2) is 54.9 Å². The second-order valence-corrected chi connectivity index (χ2v) is 7.10. The highest BCUT2D eigenvalue weighted by atomic mass is 16.5. The predicted molar refractivity (Wildman–Crippen MR) is 106 cm³/mol. The van der Waals surface area contributed by atoms with Gasteiger partial charge < -0.3 is 9.64 Å². The minimum Gasteiger partial charge on any atom is -0.370 e. The lowest BCUT2D eigenvalue weighted by atomic mass is 10.1. The average molecular weight is 367 g/mol. The van der Waals surface area contributed by atoms with Crippen LogP contribution >= 0.6 is 0 Å². The quantitative estimate of drug-likeness (QED) is 0.720. The molecule has 1 aliphatic heterocycles. The maximum Gasteiger partial charge on any atom is 0.236 e. The molecule has 2 heterocycles. The maximum absolute atomic E-state index is 12.8. The highest BCUT2D eigenvalue weighted by molar-refractivity contribution is 5.78. The van der Waals surface area contributed by atoms with Gasteiger partial charge in [0, 0.05) is 32.0 Å². The van der Waals surface area contributed by atoms with E-state index in [4.69, 9.17) is 4.74 Å². The number of hydrogen-bond acceptors (Lipinski definition) is 4. The number of ether oxygens (including phenoxy) is 1. The van der Waals surface area contributed by atoms with Gasteiger partial charge >= 0.3 is 0 Å². The van der Waals surface area contributed by atoms with Crippen LogP contribution in [0.25, 0.3) is 0 Å². The van der Waals surface area contributed by atoms with E-state index in [9.17, 15) is 4.79 Å². The molecule has 27 heavy (non-hydrogen) atoms. The monoisotopic (exact) mass is 367 g/mol. The summed E-state index contributed by atoms with van der Waals surface area (Å²) in [6, 6.07) is 14.3. The minimum absolute atomic E-state index is 0.0203. The molecule has 0 spiro atoms. The summed E-state index contributed by atoms with van der Waals surface area (Å²) in [6.07, 6.45) is 5.49. The van der Waals surface area contributed by atoms with Gasteiger partial charge in [-0.05, 0) is 42.6 Å². The summed E-state index contributed by atoms with van der Waals surface area (Å²) in [7, 11) is 0. The number of hydrogen-bond donors (Lipinski definition) is 0. The van der Waals surface area contributed by atoms with Gasteiger partial charge in [0.25, 0.3) is 0 Å². The van der Waals surface area contributed by atoms with Gasteiger partial charge in [0.15, 0.2) is 0 Å². The Morgan fingerprint density at radius 1 is 1.04 bits per heavy atom. The molecule has 5 heteroatoms. The van der Waals surface area contributed by atoms with E-state index in [-0.39, 0.29) is 12.0 Å². The lowest BCUT2D eigenvalue weighted by Gasteiger charge is -2.25. The second-order valence-electron chi connectivity index (χ2n) is 7.10. The van der Waals surface area contributed by atoms with Crippen LogP contribution in [0.3, 0.4) is 0 Å². The molecule has 144 valence electrons. The van der Waals surface area contributed by atoms with Crippen molar-refractivity contribution in [2.24, 2.45) is 0 Å². The molecule has 5 nitrogen and oxygen atoms in total. The number of pyridine rings is 1. The summed E-state index contributed by atoms with van der Waals surface area (Å²) in [5.74, 6) is 0.203. The van der Waals surface area contributed by atoms with E-state index in [0.717, 1.165) is 38.0 Å². The predicted octanol–water partition coefficient (Wildman–Crippen LogP) is 2.76. The number of carbonyl (C=O) groups excluding carboxylic acids is 1.